The normalized spacial score (nSPS) is 21.6. The molecule has 0 unspecified atom stereocenters. The predicted molar refractivity (Wildman–Crippen MR) is 90.8 cm³/mol. The van der Waals surface area contributed by atoms with Crippen LogP contribution in [0.5, 0.6) is 0 Å². The molecule has 1 aromatic carbocycles. The fourth-order valence-electron chi connectivity index (χ4n) is 3.85. The lowest BCUT2D eigenvalue weighted by atomic mass is 9.99. The molecule has 2 atom stereocenters. The third-order valence-corrected chi connectivity index (χ3v) is 4.85. The number of rotatable bonds is 5. The highest BCUT2D eigenvalue weighted by Crippen LogP contribution is 2.51. The molecular weight excluding hydrogens is 288 g/mol. The van der Waals surface area contributed by atoms with Crippen LogP contribution >= 0.6 is 0 Å². The van der Waals surface area contributed by atoms with Crippen molar-refractivity contribution in [2.24, 2.45) is 0 Å². The zero-order valence-electron chi connectivity index (χ0n) is 13.4. The Balaban J connectivity index is 1.60. The number of aromatic nitrogens is 2. The van der Waals surface area contributed by atoms with Gasteiger partial charge in [0.15, 0.2) is 0 Å². The molecule has 5 nitrogen and oxygen atoms in total. The SMILES string of the molecule is Cc1cc(N2C[C@H]3C[C@H]2c2ccccc23)nc(NCCCO)n1. The summed E-state index contributed by atoms with van der Waals surface area (Å²) < 4.78 is 0. The number of aliphatic hydroxyl groups excluding tert-OH is 1. The predicted octanol–water partition coefficient (Wildman–Crippen LogP) is 2.63. The maximum Gasteiger partial charge on any atom is 0.224 e. The maximum atomic E-state index is 8.90. The fourth-order valence-corrected chi connectivity index (χ4v) is 3.85. The summed E-state index contributed by atoms with van der Waals surface area (Å²) in [6, 6.07) is 11.3. The van der Waals surface area contributed by atoms with Gasteiger partial charge >= 0.3 is 0 Å². The highest BCUT2D eigenvalue weighted by Gasteiger charge is 2.42. The van der Waals surface area contributed by atoms with Crippen LogP contribution < -0.4 is 10.2 Å². The standard InChI is InChI=1S/C18H22N4O/c1-12-9-17(21-18(20-12)19-7-4-8-23)22-11-13-10-16(22)15-6-3-2-5-14(13)15/h2-3,5-6,9,13,16,23H,4,7-8,10-11H2,1H3,(H,19,20,21)/t13-,16+/m1/s1. The van der Waals surface area contributed by atoms with Gasteiger partial charge in [-0.25, -0.2) is 4.98 Å². The largest absolute Gasteiger partial charge is 0.396 e. The van der Waals surface area contributed by atoms with Crippen molar-refractivity contribution in [1.29, 1.82) is 0 Å². The average molecular weight is 310 g/mol. The third-order valence-electron chi connectivity index (χ3n) is 4.85. The van der Waals surface area contributed by atoms with Crippen molar-refractivity contribution in [2.45, 2.75) is 31.7 Å². The number of nitrogens with one attached hydrogen (secondary N) is 1. The van der Waals surface area contributed by atoms with Crippen molar-refractivity contribution < 1.29 is 5.11 Å². The second-order valence-electron chi connectivity index (χ2n) is 6.42. The molecule has 23 heavy (non-hydrogen) atoms. The highest BCUT2D eigenvalue weighted by atomic mass is 16.3. The molecule has 1 aliphatic carbocycles. The molecule has 2 heterocycles. The Hall–Kier alpha value is -2.14. The summed E-state index contributed by atoms with van der Waals surface area (Å²) in [4.78, 5) is 11.6. The zero-order chi connectivity index (χ0) is 15.8. The molecule has 0 spiro atoms. The van der Waals surface area contributed by atoms with Crippen LogP contribution in [-0.4, -0.2) is 34.8 Å². The van der Waals surface area contributed by atoms with Gasteiger partial charge in [0.05, 0.1) is 6.04 Å². The second-order valence-corrected chi connectivity index (χ2v) is 6.42. The number of aryl methyl sites for hydroxylation is 1. The van der Waals surface area contributed by atoms with Gasteiger partial charge in [-0.1, -0.05) is 24.3 Å². The first-order chi connectivity index (χ1) is 11.3. The van der Waals surface area contributed by atoms with Crippen molar-refractivity contribution in [1.82, 2.24) is 9.97 Å². The summed E-state index contributed by atoms with van der Waals surface area (Å²) in [5.41, 5.74) is 3.94. The van der Waals surface area contributed by atoms with Crippen LogP contribution in [-0.2, 0) is 0 Å². The van der Waals surface area contributed by atoms with Gasteiger partial charge in [-0.2, -0.15) is 4.98 Å². The third kappa shape index (κ3) is 2.55. The van der Waals surface area contributed by atoms with E-state index < -0.39 is 0 Å². The number of anilines is 2. The van der Waals surface area contributed by atoms with E-state index in [9.17, 15) is 0 Å². The van der Waals surface area contributed by atoms with Gasteiger partial charge in [-0.15, -0.1) is 0 Å². The molecule has 1 saturated heterocycles. The van der Waals surface area contributed by atoms with Crippen molar-refractivity contribution >= 4 is 11.8 Å². The van der Waals surface area contributed by atoms with E-state index in [-0.39, 0.29) is 6.61 Å². The zero-order valence-corrected chi connectivity index (χ0v) is 13.4. The molecule has 0 radical (unpaired) electrons. The lowest BCUT2D eigenvalue weighted by Crippen LogP contribution is -2.28. The van der Waals surface area contributed by atoms with Crippen molar-refractivity contribution in [3.05, 3.63) is 47.2 Å². The average Bonchev–Trinajstić information content (AvgIpc) is 3.14. The van der Waals surface area contributed by atoms with E-state index >= 15 is 0 Å². The molecular formula is C18H22N4O. The van der Waals surface area contributed by atoms with E-state index in [1.807, 2.05) is 6.92 Å². The van der Waals surface area contributed by atoms with Crippen molar-refractivity contribution in [2.75, 3.05) is 29.9 Å². The first-order valence-electron chi connectivity index (χ1n) is 8.32. The van der Waals surface area contributed by atoms with Gasteiger partial charge in [0.1, 0.15) is 5.82 Å². The first kappa shape index (κ1) is 14.5. The van der Waals surface area contributed by atoms with E-state index in [0.29, 0.717) is 30.9 Å². The lowest BCUT2D eigenvalue weighted by molar-refractivity contribution is 0.292. The Kier molecular flexibility index (Phi) is 3.65. The molecule has 2 aliphatic rings. The smallest absolute Gasteiger partial charge is 0.224 e. The molecule has 2 aromatic rings. The van der Waals surface area contributed by atoms with Crippen LogP contribution in [0.25, 0.3) is 0 Å². The molecule has 0 amide bonds. The molecule has 1 aromatic heterocycles. The van der Waals surface area contributed by atoms with Crippen LogP contribution in [0.3, 0.4) is 0 Å². The summed E-state index contributed by atoms with van der Waals surface area (Å²) in [6.07, 6.45) is 1.89. The quantitative estimate of drug-likeness (QED) is 0.831. The Morgan fingerprint density at radius 3 is 2.91 bits per heavy atom. The highest BCUT2D eigenvalue weighted by molar-refractivity contribution is 5.55. The number of benzene rings is 1. The first-order valence-corrected chi connectivity index (χ1v) is 8.32. The number of fused-ring (bicyclic) bond motifs is 5. The Morgan fingerprint density at radius 2 is 2.09 bits per heavy atom. The van der Waals surface area contributed by atoms with Gasteiger partial charge in [0.2, 0.25) is 5.95 Å². The Bertz CT molecular complexity index is 718. The van der Waals surface area contributed by atoms with E-state index in [2.05, 4.69) is 45.5 Å². The molecule has 120 valence electrons. The van der Waals surface area contributed by atoms with Crippen molar-refractivity contribution in [3.63, 3.8) is 0 Å². The Morgan fingerprint density at radius 1 is 1.26 bits per heavy atom. The molecule has 0 saturated carbocycles. The van der Waals surface area contributed by atoms with Crippen LogP contribution in [0.15, 0.2) is 30.3 Å². The number of hydrogen-bond donors (Lipinski definition) is 2. The number of hydrogen-bond acceptors (Lipinski definition) is 5. The van der Waals surface area contributed by atoms with E-state index in [4.69, 9.17) is 10.1 Å². The van der Waals surface area contributed by atoms with Crippen LogP contribution in [0, 0.1) is 6.92 Å². The number of aliphatic hydroxyl groups is 1. The van der Waals surface area contributed by atoms with Gasteiger partial charge in [0, 0.05) is 37.4 Å². The van der Waals surface area contributed by atoms with E-state index in [1.54, 1.807) is 0 Å². The molecule has 4 rings (SSSR count). The summed E-state index contributed by atoms with van der Waals surface area (Å²) >= 11 is 0. The minimum absolute atomic E-state index is 0.179. The fraction of sp³-hybridized carbons (Fsp3) is 0.444. The molecule has 1 aliphatic heterocycles. The minimum Gasteiger partial charge on any atom is -0.396 e. The summed E-state index contributed by atoms with van der Waals surface area (Å²) in [7, 11) is 0. The lowest BCUT2D eigenvalue weighted by Gasteiger charge is -2.30. The monoisotopic (exact) mass is 310 g/mol. The summed E-state index contributed by atoms with van der Waals surface area (Å²) in [5, 5.41) is 12.1. The topological polar surface area (TPSA) is 61.3 Å². The van der Waals surface area contributed by atoms with Gasteiger partial charge < -0.3 is 15.3 Å². The van der Waals surface area contributed by atoms with E-state index in [1.165, 1.54) is 17.5 Å². The second kappa shape index (κ2) is 5.81. The van der Waals surface area contributed by atoms with Gasteiger partial charge in [-0.3, -0.25) is 0 Å². The van der Waals surface area contributed by atoms with Gasteiger partial charge in [0.25, 0.3) is 0 Å². The maximum absolute atomic E-state index is 8.90. The van der Waals surface area contributed by atoms with E-state index in [0.717, 1.165) is 18.1 Å². The molecule has 1 fully saturated rings. The minimum atomic E-state index is 0.179. The summed E-state index contributed by atoms with van der Waals surface area (Å²) in [5.74, 6) is 2.28. The van der Waals surface area contributed by atoms with Crippen LogP contribution in [0.1, 0.15) is 41.6 Å². The van der Waals surface area contributed by atoms with Crippen LogP contribution in [0.4, 0.5) is 11.8 Å². The van der Waals surface area contributed by atoms with Crippen LogP contribution in [0.2, 0.25) is 0 Å². The van der Waals surface area contributed by atoms with Crippen molar-refractivity contribution in [3.8, 4) is 0 Å². The Labute approximate surface area is 136 Å². The number of nitrogens with zero attached hydrogens (tertiary/aromatic N) is 3. The molecule has 5 heteroatoms. The molecule has 2 N–H and O–H groups in total. The van der Waals surface area contributed by atoms with Gasteiger partial charge in [-0.05, 0) is 30.9 Å². The molecule has 2 bridgehead atoms. The summed E-state index contributed by atoms with van der Waals surface area (Å²) in [6.45, 7) is 3.91.